The Morgan fingerprint density at radius 3 is 0.929 bits per heavy atom. The van der Waals surface area contributed by atoms with Gasteiger partial charge in [0.05, 0.1) is 40.3 Å². The van der Waals surface area contributed by atoms with E-state index in [1.54, 1.807) is 0 Å². The lowest BCUT2D eigenvalue weighted by Crippen LogP contribution is -2.46. The molecular formula is C26H34O16. The molecule has 42 heavy (non-hydrogen) atoms. The number of methoxy groups -OCH3 is 4. The second-order valence-corrected chi connectivity index (χ2v) is 10.6. The smallest absolute Gasteiger partial charge is 0.344 e. The van der Waals surface area contributed by atoms with Gasteiger partial charge in [-0.2, -0.15) is 0 Å². The zero-order valence-electron chi connectivity index (χ0n) is 24.5. The highest BCUT2D eigenvalue weighted by atomic mass is 16.6. The molecule has 16 heteroatoms. The Labute approximate surface area is 240 Å². The van der Waals surface area contributed by atoms with Crippen LogP contribution in [0, 0.1) is 33.5 Å². The largest absolute Gasteiger partial charge is 0.466 e. The summed E-state index contributed by atoms with van der Waals surface area (Å²) in [5.74, 6) is -11.7. The Kier molecular flexibility index (Phi) is 9.97. The molecule has 2 rings (SSSR count). The van der Waals surface area contributed by atoms with Gasteiger partial charge in [-0.05, 0) is 10.8 Å². The average molecular weight is 603 g/mol. The van der Waals surface area contributed by atoms with Gasteiger partial charge >= 0.3 is 47.8 Å². The number of esters is 8. The van der Waals surface area contributed by atoms with Gasteiger partial charge in [-0.3, -0.25) is 19.2 Å². The zero-order chi connectivity index (χ0) is 32.3. The maximum Gasteiger partial charge on any atom is 0.344 e. The molecule has 0 saturated heterocycles. The first-order valence-electron chi connectivity index (χ1n) is 12.4. The van der Waals surface area contributed by atoms with Gasteiger partial charge in [-0.25, -0.2) is 19.2 Å². The summed E-state index contributed by atoms with van der Waals surface area (Å²) in [7, 11) is 4.16. The van der Waals surface area contributed by atoms with Crippen LogP contribution in [0.25, 0.3) is 0 Å². The molecule has 0 aromatic heterocycles. The first-order chi connectivity index (χ1) is 19.5. The molecule has 4 atom stereocenters. The van der Waals surface area contributed by atoms with Crippen molar-refractivity contribution in [3.05, 3.63) is 0 Å². The second kappa shape index (κ2) is 12.3. The first-order valence-corrected chi connectivity index (χ1v) is 12.4. The Balaban J connectivity index is 2.75. The molecule has 0 N–H and O–H groups in total. The van der Waals surface area contributed by atoms with E-state index in [2.05, 4.69) is 18.9 Å². The van der Waals surface area contributed by atoms with E-state index in [4.69, 9.17) is 18.9 Å². The van der Waals surface area contributed by atoms with Gasteiger partial charge in [0.25, 0.3) is 0 Å². The summed E-state index contributed by atoms with van der Waals surface area (Å²) in [6, 6.07) is 0. The summed E-state index contributed by atoms with van der Waals surface area (Å²) in [5, 5.41) is 0. The highest BCUT2D eigenvalue weighted by Gasteiger charge is 3.00. The Morgan fingerprint density at radius 2 is 0.690 bits per heavy atom. The molecule has 2 aliphatic rings. The molecule has 0 aromatic carbocycles. The lowest BCUT2D eigenvalue weighted by atomic mass is 9.73. The van der Waals surface area contributed by atoms with E-state index in [0.29, 0.717) is 0 Å². The fourth-order valence-electron chi connectivity index (χ4n) is 6.16. The van der Waals surface area contributed by atoms with E-state index in [0.717, 1.165) is 28.4 Å². The Bertz CT molecular complexity index is 1080. The van der Waals surface area contributed by atoms with Crippen molar-refractivity contribution in [2.75, 3.05) is 54.9 Å². The van der Waals surface area contributed by atoms with Crippen LogP contribution in [0.2, 0.25) is 0 Å². The fraction of sp³-hybridized carbons (Fsp3) is 0.692. The molecule has 2 fully saturated rings. The normalized spacial score (nSPS) is 25.9. The Morgan fingerprint density at radius 1 is 0.452 bits per heavy atom. The monoisotopic (exact) mass is 602 g/mol. The summed E-state index contributed by atoms with van der Waals surface area (Å²) in [4.78, 5) is 102. The molecule has 0 spiro atoms. The van der Waals surface area contributed by atoms with E-state index >= 15 is 0 Å². The third-order valence-electron chi connectivity index (χ3n) is 8.13. The molecule has 234 valence electrons. The van der Waals surface area contributed by atoms with Crippen LogP contribution < -0.4 is 0 Å². The summed E-state index contributed by atoms with van der Waals surface area (Å²) in [6.45, 7) is 2.05. The predicted molar refractivity (Wildman–Crippen MR) is 131 cm³/mol. The highest BCUT2D eigenvalue weighted by Crippen LogP contribution is 2.90. The van der Waals surface area contributed by atoms with Crippen LogP contribution in [-0.4, -0.2) is 103 Å². The molecular weight excluding hydrogens is 568 g/mol. The van der Waals surface area contributed by atoms with Crippen LogP contribution in [-0.2, 0) is 76.3 Å². The van der Waals surface area contributed by atoms with E-state index in [1.807, 2.05) is 0 Å². The van der Waals surface area contributed by atoms with Gasteiger partial charge < -0.3 is 37.9 Å². The standard InChI is InChI=1S/C26H34O16/c1-23(2)17(19(31)39-9-13(27)35-5)25(23,21(33)41-11-15(29)37-7)26(22(34)42-12-16(30)38-8)18(24(26,3)4)20(32)40-10-14(28)36-6/h17-18H,9-12H2,1-8H3/t17-,18-,25-,26-/m0/s1. The van der Waals surface area contributed by atoms with Crippen LogP contribution >= 0.6 is 0 Å². The number of carbonyl (C=O) groups excluding carboxylic acids is 8. The number of hydrogen-bond acceptors (Lipinski definition) is 16. The molecule has 0 unspecified atom stereocenters. The second-order valence-electron chi connectivity index (χ2n) is 10.6. The van der Waals surface area contributed by atoms with Crippen molar-refractivity contribution in [1.29, 1.82) is 0 Å². The Hall–Kier alpha value is -4.24. The predicted octanol–water partition coefficient (Wildman–Crippen LogP) is -0.864. The number of carbonyl (C=O) groups is 8. The zero-order valence-corrected chi connectivity index (χ0v) is 24.5. The molecule has 2 aliphatic carbocycles. The van der Waals surface area contributed by atoms with Gasteiger partial charge in [-0.1, -0.05) is 27.7 Å². The molecule has 0 amide bonds. The summed E-state index contributed by atoms with van der Waals surface area (Å²) in [6.07, 6.45) is 0. The van der Waals surface area contributed by atoms with Crippen molar-refractivity contribution in [2.24, 2.45) is 33.5 Å². The summed E-state index contributed by atoms with van der Waals surface area (Å²) in [5.41, 5.74) is -7.67. The minimum absolute atomic E-state index is 0.844. The highest BCUT2D eigenvalue weighted by molar-refractivity contribution is 6.06. The van der Waals surface area contributed by atoms with Crippen LogP contribution in [0.5, 0.6) is 0 Å². The minimum Gasteiger partial charge on any atom is -0.466 e. The molecule has 0 bridgehead atoms. The molecule has 0 heterocycles. The van der Waals surface area contributed by atoms with Crippen molar-refractivity contribution in [3.8, 4) is 0 Å². The SMILES string of the molecule is COC(=O)COC(=O)[C@H]1C(C)(C)[C@]1(C(=O)OCC(=O)OC)[C@]1(C(=O)OCC(=O)OC)[C@@H](C(=O)OCC(=O)OC)C1(C)C. The topological polar surface area (TPSA) is 210 Å². The number of hydrogen-bond donors (Lipinski definition) is 0. The maximum atomic E-state index is 14.0. The minimum atomic E-state index is -2.28. The van der Waals surface area contributed by atoms with Gasteiger partial charge in [0.15, 0.2) is 26.4 Å². The number of ether oxygens (including phenoxy) is 8. The van der Waals surface area contributed by atoms with Gasteiger partial charge in [0.2, 0.25) is 0 Å². The molecule has 0 aromatic rings. The fourth-order valence-corrected chi connectivity index (χ4v) is 6.16. The average Bonchev–Trinajstić information content (AvgIpc) is 3.71. The third kappa shape index (κ3) is 5.25. The van der Waals surface area contributed by atoms with Gasteiger partial charge in [0.1, 0.15) is 10.8 Å². The van der Waals surface area contributed by atoms with Crippen molar-refractivity contribution in [1.82, 2.24) is 0 Å². The summed E-state index contributed by atoms with van der Waals surface area (Å²) >= 11 is 0. The number of rotatable bonds is 13. The van der Waals surface area contributed by atoms with Crippen LogP contribution in [0.3, 0.4) is 0 Å². The van der Waals surface area contributed by atoms with Crippen molar-refractivity contribution >= 4 is 47.8 Å². The molecule has 2 saturated carbocycles. The van der Waals surface area contributed by atoms with Crippen LogP contribution in [0.4, 0.5) is 0 Å². The summed E-state index contributed by atoms with van der Waals surface area (Å²) < 4.78 is 38.5. The van der Waals surface area contributed by atoms with Gasteiger partial charge in [0, 0.05) is 0 Å². The van der Waals surface area contributed by atoms with E-state index in [9.17, 15) is 38.4 Å². The quantitative estimate of drug-likeness (QED) is 0.185. The van der Waals surface area contributed by atoms with Gasteiger partial charge in [-0.15, -0.1) is 0 Å². The lowest BCUT2D eigenvalue weighted by molar-refractivity contribution is -0.178. The molecule has 0 radical (unpaired) electrons. The van der Waals surface area contributed by atoms with E-state index in [-0.39, 0.29) is 0 Å². The van der Waals surface area contributed by atoms with Crippen LogP contribution in [0.1, 0.15) is 27.7 Å². The maximum absolute atomic E-state index is 14.0. The van der Waals surface area contributed by atoms with Crippen molar-refractivity contribution < 1.29 is 76.3 Å². The molecule has 0 aliphatic heterocycles. The molecule has 16 nitrogen and oxygen atoms in total. The van der Waals surface area contributed by atoms with Crippen molar-refractivity contribution in [3.63, 3.8) is 0 Å². The van der Waals surface area contributed by atoms with Crippen LogP contribution in [0.15, 0.2) is 0 Å². The third-order valence-corrected chi connectivity index (χ3v) is 8.13. The lowest BCUT2D eigenvalue weighted by Gasteiger charge is -2.30. The van der Waals surface area contributed by atoms with E-state index < -0.39 is 108 Å². The van der Waals surface area contributed by atoms with Crippen molar-refractivity contribution in [2.45, 2.75) is 27.7 Å². The van der Waals surface area contributed by atoms with E-state index in [1.165, 1.54) is 27.7 Å². The first kappa shape index (κ1) is 34.0.